The minimum Gasteiger partial charge on any atom is -0.465 e. The smallest absolute Gasteiger partial charge is 0.409 e. The zero-order valence-corrected chi connectivity index (χ0v) is 11.3. The summed E-state index contributed by atoms with van der Waals surface area (Å²) >= 11 is 0. The second-order valence-corrected chi connectivity index (χ2v) is 4.53. The first-order valence-electron chi connectivity index (χ1n) is 6.23. The number of nitrogens with one attached hydrogen (secondary N) is 1. The number of nitro benzene ring substituents is 1. The Morgan fingerprint density at radius 1 is 1.39 bits per heavy atom. The number of anilines is 1. The number of benzene rings is 1. The Balaban J connectivity index is 2.05. The predicted octanol–water partition coefficient (Wildman–Crippen LogP) is 2.53. The molecule has 0 aliphatic carbocycles. The lowest BCUT2D eigenvalue weighted by molar-refractivity contribution is -0.387. The number of hydrogen-bond donors (Lipinski definition) is 2. The fraction of sp³-hybridized carbons (Fsp3) is 0. The molecule has 2 N–H and O–H groups in total. The van der Waals surface area contributed by atoms with Crippen LogP contribution in [0.15, 0.2) is 36.8 Å². The molecule has 0 aliphatic rings. The number of imidazole rings is 1. The van der Waals surface area contributed by atoms with Crippen molar-refractivity contribution in [2.24, 2.45) is 0 Å². The molecule has 3 rings (SSSR count). The molecule has 9 nitrogen and oxygen atoms in total. The number of carboxylic acid groups (broad SMARTS) is 1. The van der Waals surface area contributed by atoms with E-state index in [0.29, 0.717) is 11.3 Å². The molecule has 0 saturated carbocycles. The molecular formula is C13H8FN5O4. The Kier molecular flexibility index (Phi) is 3.33. The van der Waals surface area contributed by atoms with Crippen molar-refractivity contribution in [3.63, 3.8) is 0 Å². The Morgan fingerprint density at radius 3 is 2.87 bits per heavy atom. The van der Waals surface area contributed by atoms with Crippen LogP contribution in [0.3, 0.4) is 0 Å². The van der Waals surface area contributed by atoms with Crippen LogP contribution in [-0.2, 0) is 0 Å². The Bertz CT molecular complexity index is 939. The molecule has 0 atom stereocenters. The zero-order valence-electron chi connectivity index (χ0n) is 11.3. The third-order valence-electron chi connectivity index (χ3n) is 3.00. The Morgan fingerprint density at radius 2 is 2.17 bits per heavy atom. The number of carbonyl (C=O) groups is 1. The first-order chi connectivity index (χ1) is 10.9. The van der Waals surface area contributed by atoms with Crippen LogP contribution >= 0.6 is 0 Å². The summed E-state index contributed by atoms with van der Waals surface area (Å²) in [5.74, 6) is -0.670. The van der Waals surface area contributed by atoms with Crippen LogP contribution in [0.2, 0.25) is 0 Å². The fourth-order valence-electron chi connectivity index (χ4n) is 2.02. The van der Waals surface area contributed by atoms with Crippen molar-refractivity contribution in [1.82, 2.24) is 14.4 Å². The normalized spacial score (nSPS) is 10.7. The molecule has 116 valence electrons. The van der Waals surface area contributed by atoms with Crippen molar-refractivity contribution in [3.8, 4) is 11.3 Å². The average Bonchev–Trinajstić information content (AvgIpc) is 2.89. The van der Waals surface area contributed by atoms with Crippen LogP contribution in [0.1, 0.15) is 0 Å². The number of amides is 1. The Labute approximate surface area is 127 Å². The molecule has 1 aromatic carbocycles. The van der Waals surface area contributed by atoms with Crippen LogP contribution in [0.5, 0.6) is 0 Å². The molecule has 0 aliphatic heterocycles. The SMILES string of the molecule is O=C(O)Nc1cnc2nc(-c3ccc(F)c([N+](=O)[O-])c3)cn2c1. The highest BCUT2D eigenvalue weighted by atomic mass is 19.1. The van der Waals surface area contributed by atoms with Crippen molar-refractivity contribution >= 4 is 23.2 Å². The van der Waals surface area contributed by atoms with E-state index in [1.165, 1.54) is 29.1 Å². The predicted molar refractivity (Wildman–Crippen MR) is 76.7 cm³/mol. The van der Waals surface area contributed by atoms with E-state index in [1.807, 2.05) is 0 Å². The van der Waals surface area contributed by atoms with Gasteiger partial charge in [-0.25, -0.2) is 14.8 Å². The molecule has 23 heavy (non-hydrogen) atoms. The number of nitrogens with zero attached hydrogens (tertiary/aromatic N) is 4. The molecule has 2 aromatic heterocycles. The molecule has 0 bridgehead atoms. The van der Waals surface area contributed by atoms with Crippen LogP contribution in [0, 0.1) is 15.9 Å². The average molecular weight is 317 g/mol. The zero-order chi connectivity index (χ0) is 16.6. The second kappa shape index (κ2) is 5.33. The standard InChI is InChI=1S/C13H8FN5O4/c14-9-2-1-7(3-11(9)19(22)23)10-6-18-5-8(16-13(20)21)4-15-12(18)17-10/h1-6,16H,(H,20,21). The highest BCUT2D eigenvalue weighted by Crippen LogP contribution is 2.26. The summed E-state index contributed by atoms with van der Waals surface area (Å²) in [6.07, 6.45) is 3.01. The summed E-state index contributed by atoms with van der Waals surface area (Å²) in [6, 6.07) is 3.43. The molecular weight excluding hydrogens is 309 g/mol. The van der Waals surface area contributed by atoms with Gasteiger partial charge in [0, 0.05) is 24.0 Å². The van der Waals surface area contributed by atoms with E-state index in [0.717, 1.165) is 12.1 Å². The van der Waals surface area contributed by atoms with Crippen LogP contribution in [-0.4, -0.2) is 30.5 Å². The molecule has 0 radical (unpaired) electrons. The van der Waals surface area contributed by atoms with Gasteiger partial charge < -0.3 is 5.11 Å². The first-order valence-corrected chi connectivity index (χ1v) is 6.23. The van der Waals surface area contributed by atoms with Crippen LogP contribution < -0.4 is 5.32 Å². The van der Waals surface area contributed by atoms with Gasteiger partial charge in [-0.1, -0.05) is 0 Å². The van der Waals surface area contributed by atoms with Gasteiger partial charge in [0.25, 0.3) is 0 Å². The second-order valence-electron chi connectivity index (χ2n) is 4.53. The summed E-state index contributed by atoms with van der Waals surface area (Å²) in [5, 5.41) is 21.6. The van der Waals surface area contributed by atoms with Gasteiger partial charge in [0.1, 0.15) is 0 Å². The van der Waals surface area contributed by atoms with E-state index < -0.39 is 22.5 Å². The number of nitro groups is 1. The van der Waals surface area contributed by atoms with Gasteiger partial charge in [-0.15, -0.1) is 0 Å². The van der Waals surface area contributed by atoms with Gasteiger partial charge >= 0.3 is 11.8 Å². The molecule has 0 fully saturated rings. The maximum Gasteiger partial charge on any atom is 0.409 e. The number of hydrogen-bond acceptors (Lipinski definition) is 5. The molecule has 0 unspecified atom stereocenters. The Hall–Kier alpha value is -3.56. The van der Waals surface area contributed by atoms with Crippen molar-refractivity contribution < 1.29 is 19.2 Å². The summed E-state index contributed by atoms with van der Waals surface area (Å²) in [6.45, 7) is 0. The third kappa shape index (κ3) is 2.77. The molecule has 1 amide bonds. The van der Waals surface area contributed by atoms with Crippen molar-refractivity contribution in [2.75, 3.05) is 5.32 Å². The van der Waals surface area contributed by atoms with Gasteiger partial charge in [-0.3, -0.25) is 19.8 Å². The van der Waals surface area contributed by atoms with Crippen LogP contribution in [0.25, 0.3) is 17.0 Å². The summed E-state index contributed by atoms with van der Waals surface area (Å²) in [5.41, 5.74) is 0.268. The quantitative estimate of drug-likeness (QED) is 0.565. The maximum atomic E-state index is 13.4. The molecule has 0 spiro atoms. The van der Waals surface area contributed by atoms with Gasteiger partial charge in [-0.05, 0) is 12.1 Å². The van der Waals surface area contributed by atoms with E-state index in [4.69, 9.17) is 5.11 Å². The highest BCUT2D eigenvalue weighted by molar-refractivity contribution is 5.82. The van der Waals surface area contributed by atoms with Gasteiger partial charge in [0.2, 0.25) is 11.6 Å². The number of halogens is 1. The minimum atomic E-state index is -1.24. The molecule has 3 aromatic rings. The lowest BCUT2D eigenvalue weighted by Crippen LogP contribution is -2.08. The van der Waals surface area contributed by atoms with Crippen molar-refractivity contribution in [3.05, 3.63) is 52.7 Å². The summed E-state index contributed by atoms with van der Waals surface area (Å²) < 4.78 is 14.8. The van der Waals surface area contributed by atoms with Crippen molar-refractivity contribution in [1.29, 1.82) is 0 Å². The largest absolute Gasteiger partial charge is 0.465 e. The fourth-order valence-corrected chi connectivity index (χ4v) is 2.02. The monoisotopic (exact) mass is 317 g/mol. The molecule has 0 saturated heterocycles. The van der Waals surface area contributed by atoms with E-state index in [-0.39, 0.29) is 11.5 Å². The van der Waals surface area contributed by atoms with Crippen LogP contribution in [0.4, 0.5) is 20.6 Å². The lowest BCUT2D eigenvalue weighted by Gasteiger charge is -1.99. The van der Waals surface area contributed by atoms with E-state index in [1.54, 1.807) is 0 Å². The lowest BCUT2D eigenvalue weighted by atomic mass is 10.1. The maximum absolute atomic E-state index is 13.4. The minimum absolute atomic E-state index is 0.235. The summed E-state index contributed by atoms with van der Waals surface area (Å²) in [4.78, 5) is 28.7. The number of fused-ring (bicyclic) bond motifs is 1. The van der Waals surface area contributed by atoms with E-state index in [9.17, 15) is 19.3 Å². The highest BCUT2D eigenvalue weighted by Gasteiger charge is 2.16. The molecule has 2 heterocycles. The van der Waals surface area contributed by atoms with Gasteiger partial charge in [0.15, 0.2) is 0 Å². The van der Waals surface area contributed by atoms with E-state index in [2.05, 4.69) is 15.3 Å². The topological polar surface area (TPSA) is 123 Å². The first kappa shape index (κ1) is 14.4. The number of aromatic nitrogens is 3. The third-order valence-corrected chi connectivity index (χ3v) is 3.00. The number of rotatable bonds is 3. The van der Waals surface area contributed by atoms with E-state index >= 15 is 0 Å². The summed E-state index contributed by atoms with van der Waals surface area (Å²) in [7, 11) is 0. The van der Waals surface area contributed by atoms with Crippen molar-refractivity contribution in [2.45, 2.75) is 0 Å². The molecule has 10 heteroatoms. The van der Waals surface area contributed by atoms with Gasteiger partial charge in [0.05, 0.1) is 22.5 Å². The van der Waals surface area contributed by atoms with Gasteiger partial charge in [-0.2, -0.15) is 4.39 Å².